The number of nitrogens with one attached hydrogen (secondary N) is 1. The third kappa shape index (κ3) is 4.63. The number of para-hydroxylation sites is 1. The van der Waals surface area contributed by atoms with E-state index in [4.69, 9.17) is 5.26 Å². The third-order valence-corrected chi connectivity index (χ3v) is 2.83. The molecule has 0 spiro atoms. The molecule has 0 fully saturated rings. The Hall–Kier alpha value is -2.02. The highest BCUT2D eigenvalue weighted by molar-refractivity contribution is 5.85. The first-order chi connectivity index (χ1) is 9.06. The van der Waals surface area contributed by atoms with E-state index in [2.05, 4.69) is 11.4 Å². The van der Waals surface area contributed by atoms with Crippen LogP contribution < -0.4 is 10.2 Å². The summed E-state index contributed by atoms with van der Waals surface area (Å²) in [6.45, 7) is 6.29. The van der Waals surface area contributed by atoms with Crippen molar-refractivity contribution in [2.45, 2.75) is 39.3 Å². The van der Waals surface area contributed by atoms with E-state index in [1.165, 1.54) is 0 Å². The number of nitriles is 1. The number of nitrogens with zero attached hydrogens (tertiary/aromatic N) is 2. The first-order valence-electron chi connectivity index (χ1n) is 6.55. The molecule has 0 aliphatic rings. The summed E-state index contributed by atoms with van der Waals surface area (Å²) in [7, 11) is 0. The second kappa shape index (κ2) is 7.42. The van der Waals surface area contributed by atoms with Gasteiger partial charge < -0.3 is 10.2 Å². The zero-order valence-corrected chi connectivity index (χ0v) is 11.8. The molecule has 1 amide bonds. The molecule has 0 aliphatic heterocycles. The summed E-state index contributed by atoms with van der Waals surface area (Å²) in [6, 6.07) is 11.7. The summed E-state index contributed by atoms with van der Waals surface area (Å²) in [5, 5.41) is 11.7. The van der Waals surface area contributed by atoms with Crippen LogP contribution in [-0.2, 0) is 4.79 Å². The van der Waals surface area contributed by atoms with E-state index in [1.54, 1.807) is 0 Å². The van der Waals surface area contributed by atoms with Gasteiger partial charge in [-0.25, -0.2) is 0 Å². The van der Waals surface area contributed by atoms with E-state index in [0.717, 1.165) is 5.69 Å². The Morgan fingerprint density at radius 1 is 1.32 bits per heavy atom. The number of amides is 1. The fraction of sp³-hybridized carbons (Fsp3) is 0.467. The molecule has 0 aliphatic carbocycles. The number of benzene rings is 1. The lowest BCUT2D eigenvalue weighted by Gasteiger charge is -2.30. The van der Waals surface area contributed by atoms with Crippen molar-refractivity contribution in [3.05, 3.63) is 30.3 Å². The average molecular weight is 259 g/mol. The van der Waals surface area contributed by atoms with E-state index < -0.39 is 0 Å². The second-order valence-electron chi connectivity index (χ2n) is 4.78. The summed E-state index contributed by atoms with van der Waals surface area (Å²) in [6.07, 6.45) is 0.397. The van der Waals surface area contributed by atoms with Crippen LogP contribution in [-0.4, -0.2) is 24.5 Å². The first-order valence-corrected chi connectivity index (χ1v) is 6.55. The zero-order valence-electron chi connectivity index (χ0n) is 11.8. The predicted molar refractivity (Wildman–Crippen MR) is 76.8 cm³/mol. The van der Waals surface area contributed by atoms with Crippen LogP contribution in [0.25, 0.3) is 0 Å². The molecule has 1 rings (SSSR count). The molecule has 19 heavy (non-hydrogen) atoms. The molecule has 0 radical (unpaired) electrons. The van der Waals surface area contributed by atoms with E-state index in [-0.39, 0.29) is 18.0 Å². The first kappa shape index (κ1) is 15.0. The number of hydrogen-bond donors (Lipinski definition) is 1. The van der Waals surface area contributed by atoms with Gasteiger partial charge >= 0.3 is 0 Å². The van der Waals surface area contributed by atoms with Gasteiger partial charge in [0.2, 0.25) is 5.91 Å². The predicted octanol–water partition coefficient (Wildman–Crippen LogP) is 2.32. The minimum atomic E-state index is -0.293. The van der Waals surface area contributed by atoms with Crippen molar-refractivity contribution in [1.29, 1.82) is 5.26 Å². The largest absolute Gasteiger partial charge is 0.359 e. The van der Waals surface area contributed by atoms with Crippen LogP contribution in [0.15, 0.2) is 30.3 Å². The minimum Gasteiger partial charge on any atom is -0.359 e. The average Bonchev–Trinajstić information content (AvgIpc) is 2.39. The summed E-state index contributed by atoms with van der Waals surface area (Å²) in [4.78, 5) is 14.1. The van der Waals surface area contributed by atoms with E-state index >= 15 is 0 Å². The van der Waals surface area contributed by atoms with Gasteiger partial charge in [-0.1, -0.05) is 18.2 Å². The van der Waals surface area contributed by atoms with Gasteiger partial charge in [-0.05, 0) is 32.9 Å². The number of carbonyl (C=O) groups is 1. The Morgan fingerprint density at radius 3 is 2.47 bits per heavy atom. The van der Waals surface area contributed by atoms with Gasteiger partial charge in [-0.3, -0.25) is 4.79 Å². The van der Waals surface area contributed by atoms with Gasteiger partial charge in [-0.2, -0.15) is 5.26 Å². The fourth-order valence-corrected chi connectivity index (χ4v) is 1.88. The van der Waals surface area contributed by atoms with E-state index in [0.29, 0.717) is 13.0 Å². The number of rotatable bonds is 6. The Kier molecular flexibility index (Phi) is 5.87. The molecule has 1 aromatic carbocycles. The van der Waals surface area contributed by atoms with Gasteiger partial charge in [0.1, 0.15) is 6.04 Å². The molecule has 4 heteroatoms. The fourth-order valence-electron chi connectivity index (χ4n) is 1.88. The lowest BCUT2D eigenvalue weighted by molar-refractivity contribution is -0.122. The minimum absolute atomic E-state index is 0.0169. The highest BCUT2D eigenvalue weighted by Gasteiger charge is 2.21. The quantitative estimate of drug-likeness (QED) is 0.853. The van der Waals surface area contributed by atoms with Crippen LogP contribution >= 0.6 is 0 Å². The summed E-state index contributed by atoms with van der Waals surface area (Å²) in [5.74, 6) is -0.0169. The maximum Gasteiger partial charge on any atom is 0.242 e. The van der Waals surface area contributed by atoms with Crippen molar-refractivity contribution in [3.8, 4) is 6.07 Å². The molecule has 0 saturated carbocycles. The summed E-state index contributed by atoms with van der Waals surface area (Å²) >= 11 is 0. The summed E-state index contributed by atoms with van der Waals surface area (Å²) < 4.78 is 0. The normalized spacial score (nSPS) is 11.7. The zero-order chi connectivity index (χ0) is 14.3. The molecule has 1 unspecified atom stereocenters. The lowest BCUT2D eigenvalue weighted by Crippen LogP contribution is -2.47. The van der Waals surface area contributed by atoms with E-state index in [9.17, 15) is 4.79 Å². The third-order valence-electron chi connectivity index (χ3n) is 2.83. The molecule has 1 aromatic rings. The maximum atomic E-state index is 12.1. The monoisotopic (exact) mass is 259 g/mol. The smallest absolute Gasteiger partial charge is 0.242 e. The van der Waals surface area contributed by atoms with Crippen molar-refractivity contribution >= 4 is 11.6 Å². The Morgan fingerprint density at radius 2 is 1.95 bits per heavy atom. The Bertz CT molecular complexity index is 436. The van der Waals surface area contributed by atoms with Crippen molar-refractivity contribution in [3.63, 3.8) is 0 Å². The summed E-state index contributed by atoms with van der Waals surface area (Å²) in [5.41, 5.74) is 0.962. The lowest BCUT2D eigenvalue weighted by atomic mass is 10.2. The topological polar surface area (TPSA) is 56.1 Å². The van der Waals surface area contributed by atoms with Crippen LogP contribution in [0, 0.1) is 11.3 Å². The highest BCUT2D eigenvalue weighted by atomic mass is 16.2. The second-order valence-corrected chi connectivity index (χ2v) is 4.78. The molecule has 4 nitrogen and oxygen atoms in total. The van der Waals surface area contributed by atoms with Crippen LogP contribution in [0.2, 0.25) is 0 Å². The standard InChI is InChI=1S/C15H21N3O/c1-12(2)17-15(19)13(3)18(11-7-10-16)14-8-5-4-6-9-14/h4-6,8-9,12-13H,7,11H2,1-3H3,(H,17,19). The van der Waals surface area contributed by atoms with Crippen molar-refractivity contribution in [2.24, 2.45) is 0 Å². The van der Waals surface area contributed by atoms with E-state index in [1.807, 2.05) is 56.0 Å². The molecular formula is C15H21N3O. The van der Waals surface area contributed by atoms with Crippen molar-refractivity contribution in [1.82, 2.24) is 5.32 Å². The molecule has 102 valence electrons. The van der Waals surface area contributed by atoms with Gasteiger partial charge in [0.05, 0.1) is 12.5 Å². The van der Waals surface area contributed by atoms with Crippen molar-refractivity contribution < 1.29 is 4.79 Å². The number of anilines is 1. The van der Waals surface area contributed by atoms with Gasteiger partial charge in [0.15, 0.2) is 0 Å². The van der Waals surface area contributed by atoms with Crippen LogP contribution in [0.4, 0.5) is 5.69 Å². The number of hydrogen-bond acceptors (Lipinski definition) is 3. The van der Waals surface area contributed by atoms with Crippen LogP contribution in [0.1, 0.15) is 27.2 Å². The van der Waals surface area contributed by atoms with Gasteiger partial charge in [0.25, 0.3) is 0 Å². The molecular weight excluding hydrogens is 238 g/mol. The Balaban J connectivity index is 2.85. The number of carbonyl (C=O) groups excluding carboxylic acids is 1. The molecule has 0 aromatic heterocycles. The SMILES string of the molecule is CC(C)NC(=O)C(C)N(CCC#N)c1ccccc1. The molecule has 0 bridgehead atoms. The van der Waals surface area contributed by atoms with Crippen LogP contribution in [0.5, 0.6) is 0 Å². The molecule has 1 atom stereocenters. The maximum absolute atomic E-state index is 12.1. The molecule has 0 heterocycles. The molecule has 0 saturated heterocycles. The Labute approximate surface area is 115 Å². The molecule has 1 N–H and O–H groups in total. The van der Waals surface area contributed by atoms with Crippen LogP contribution in [0.3, 0.4) is 0 Å². The van der Waals surface area contributed by atoms with Crippen molar-refractivity contribution in [2.75, 3.05) is 11.4 Å². The highest BCUT2D eigenvalue weighted by Crippen LogP contribution is 2.17. The van der Waals surface area contributed by atoms with Gasteiger partial charge in [0, 0.05) is 18.3 Å². The van der Waals surface area contributed by atoms with Gasteiger partial charge in [-0.15, -0.1) is 0 Å².